The van der Waals surface area contributed by atoms with E-state index in [0.717, 1.165) is 18.4 Å². The van der Waals surface area contributed by atoms with Crippen LogP contribution in [0.1, 0.15) is 35.2 Å². The number of benzene rings is 2. The van der Waals surface area contributed by atoms with Gasteiger partial charge in [-0.3, -0.25) is 14.4 Å². The van der Waals surface area contributed by atoms with Crippen LogP contribution in [0.15, 0.2) is 36.4 Å². The first-order valence-electron chi connectivity index (χ1n) is 12.9. The second kappa shape index (κ2) is 12.6. The number of nitrogens with zero attached hydrogens (tertiary/aromatic N) is 1. The van der Waals surface area contributed by atoms with Gasteiger partial charge in [0.2, 0.25) is 11.8 Å². The number of nitrogens with one attached hydrogen (secondary N) is 3. The number of amides is 3. The van der Waals surface area contributed by atoms with Gasteiger partial charge in [0.05, 0.1) is 41.8 Å². The van der Waals surface area contributed by atoms with Crippen LogP contribution in [0.3, 0.4) is 0 Å². The number of hydrogen-bond acceptors (Lipinski definition) is 6. The quantitative estimate of drug-likeness (QED) is 0.397. The van der Waals surface area contributed by atoms with E-state index in [1.54, 1.807) is 43.4 Å². The Balaban J connectivity index is 1.49. The van der Waals surface area contributed by atoms with Gasteiger partial charge >= 0.3 is 0 Å². The smallest absolute Gasteiger partial charge is 0.252 e. The first-order chi connectivity index (χ1) is 18.3. The molecule has 9 nitrogen and oxygen atoms in total. The van der Waals surface area contributed by atoms with E-state index in [4.69, 9.17) is 21.1 Å². The van der Waals surface area contributed by atoms with Crippen molar-refractivity contribution >= 4 is 40.7 Å². The van der Waals surface area contributed by atoms with Crippen LogP contribution in [0.2, 0.25) is 5.02 Å². The van der Waals surface area contributed by atoms with Gasteiger partial charge in [-0.25, -0.2) is 0 Å². The van der Waals surface area contributed by atoms with E-state index in [2.05, 4.69) is 16.0 Å². The lowest BCUT2D eigenvalue weighted by Crippen LogP contribution is -2.49. The zero-order chi connectivity index (χ0) is 27.2. The average Bonchev–Trinajstić information content (AvgIpc) is 3.76. The average molecular weight is 543 g/mol. The molecule has 3 N–H and O–H groups in total. The summed E-state index contributed by atoms with van der Waals surface area (Å²) in [7, 11) is 3.13. The van der Waals surface area contributed by atoms with E-state index in [1.165, 1.54) is 0 Å². The highest BCUT2D eigenvalue weighted by atomic mass is 35.5. The number of halogens is 1. The number of hydrogen-bond donors (Lipinski definition) is 3. The maximum atomic E-state index is 13.8. The molecule has 1 aliphatic heterocycles. The maximum absolute atomic E-state index is 13.8. The number of carbonyl (C=O) groups excluding carboxylic acids is 3. The van der Waals surface area contributed by atoms with Crippen LogP contribution in [0, 0.1) is 18.8 Å². The summed E-state index contributed by atoms with van der Waals surface area (Å²) in [5.74, 6) is -0.690. The van der Waals surface area contributed by atoms with Gasteiger partial charge in [0.25, 0.3) is 5.91 Å². The molecule has 3 amide bonds. The van der Waals surface area contributed by atoms with Crippen LogP contribution in [-0.2, 0) is 14.3 Å². The Hall–Kier alpha value is -3.14. The van der Waals surface area contributed by atoms with Crippen molar-refractivity contribution in [3.8, 4) is 5.75 Å². The molecule has 0 spiro atoms. The number of piperidine rings is 1. The van der Waals surface area contributed by atoms with Crippen molar-refractivity contribution in [1.29, 1.82) is 0 Å². The summed E-state index contributed by atoms with van der Waals surface area (Å²) in [5, 5.41) is 9.37. The van der Waals surface area contributed by atoms with Crippen molar-refractivity contribution < 1.29 is 23.9 Å². The molecule has 38 heavy (non-hydrogen) atoms. The number of rotatable bonds is 10. The molecule has 2 fully saturated rings. The molecule has 0 aromatic heterocycles. The topological polar surface area (TPSA) is 109 Å². The zero-order valence-electron chi connectivity index (χ0n) is 22.0. The summed E-state index contributed by atoms with van der Waals surface area (Å²) in [6, 6.07) is 10.8. The number of anilines is 2. The molecule has 2 aromatic carbocycles. The summed E-state index contributed by atoms with van der Waals surface area (Å²) >= 11 is 6.33. The van der Waals surface area contributed by atoms with Crippen molar-refractivity contribution in [2.75, 3.05) is 50.7 Å². The highest BCUT2D eigenvalue weighted by molar-refractivity contribution is 6.34. The SMILES string of the molecule is COCCNC(=O)c1cc(N(C(=O)[C@H]2CNC[C@@H](C(=O)Nc3c(C)cccc3OC)C2)C2CC2)ccc1Cl. The monoisotopic (exact) mass is 542 g/mol. The summed E-state index contributed by atoms with van der Waals surface area (Å²) in [5.41, 5.74) is 2.49. The van der Waals surface area contributed by atoms with Gasteiger partial charge in [-0.15, -0.1) is 0 Å². The van der Waals surface area contributed by atoms with Crippen molar-refractivity contribution in [1.82, 2.24) is 10.6 Å². The third kappa shape index (κ3) is 6.46. The molecule has 204 valence electrons. The van der Waals surface area contributed by atoms with Crippen LogP contribution < -0.4 is 25.6 Å². The van der Waals surface area contributed by atoms with E-state index in [-0.39, 0.29) is 35.6 Å². The van der Waals surface area contributed by atoms with Crippen LogP contribution >= 0.6 is 11.6 Å². The van der Waals surface area contributed by atoms with Gasteiger partial charge in [0, 0.05) is 38.5 Å². The Kier molecular flexibility index (Phi) is 9.25. The summed E-state index contributed by atoms with van der Waals surface area (Å²) < 4.78 is 10.4. The normalized spacial score (nSPS) is 18.9. The number of para-hydroxylation sites is 1. The Morgan fingerprint density at radius 1 is 1.11 bits per heavy atom. The van der Waals surface area contributed by atoms with Crippen molar-refractivity contribution in [2.45, 2.75) is 32.2 Å². The van der Waals surface area contributed by atoms with Gasteiger partial charge in [0.15, 0.2) is 0 Å². The van der Waals surface area contributed by atoms with Crippen LogP contribution in [-0.4, -0.2) is 64.2 Å². The minimum Gasteiger partial charge on any atom is -0.495 e. The predicted molar refractivity (Wildman–Crippen MR) is 147 cm³/mol. The lowest BCUT2D eigenvalue weighted by atomic mass is 9.88. The molecule has 0 radical (unpaired) electrons. The maximum Gasteiger partial charge on any atom is 0.252 e. The number of aryl methyl sites for hydroxylation is 1. The highest BCUT2D eigenvalue weighted by Gasteiger charge is 2.40. The fourth-order valence-corrected chi connectivity index (χ4v) is 4.98. The largest absolute Gasteiger partial charge is 0.495 e. The third-order valence-corrected chi connectivity index (χ3v) is 7.32. The second-order valence-electron chi connectivity index (χ2n) is 9.78. The van der Waals surface area contributed by atoms with Gasteiger partial charge in [-0.05, 0) is 56.0 Å². The Bertz CT molecular complexity index is 1190. The standard InChI is InChI=1S/C28H35ClN4O5/c1-17-5-4-6-24(38-3)25(17)32-26(34)18-13-19(16-30-15-18)28(36)33(20-7-8-20)21-9-10-23(29)22(14-21)27(35)31-11-12-37-2/h4-6,9-10,14,18-20,30H,7-8,11-13,15-16H2,1-3H3,(H,31,35)(H,32,34)/t18-,19+/m0/s1. The molecular weight excluding hydrogens is 508 g/mol. The van der Waals surface area contributed by atoms with E-state index in [0.29, 0.717) is 60.4 Å². The highest BCUT2D eigenvalue weighted by Crippen LogP contribution is 2.36. The van der Waals surface area contributed by atoms with E-state index < -0.39 is 0 Å². The molecule has 1 saturated heterocycles. The molecule has 10 heteroatoms. The van der Waals surface area contributed by atoms with E-state index in [9.17, 15) is 14.4 Å². The van der Waals surface area contributed by atoms with Gasteiger partial charge < -0.3 is 30.3 Å². The zero-order valence-corrected chi connectivity index (χ0v) is 22.8. The molecular formula is C28H35ClN4O5. The van der Waals surface area contributed by atoms with Gasteiger partial charge in [-0.2, -0.15) is 0 Å². The second-order valence-corrected chi connectivity index (χ2v) is 10.2. The molecule has 4 rings (SSSR count). The minimum atomic E-state index is -0.381. The van der Waals surface area contributed by atoms with Crippen molar-refractivity contribution in [3.63, 3.8) is 0 Å². The summed E-state index contributed by atoms with van der Waals surface area (Å²) in [6.45, 7) is 3.62. The Morgan fingerprint density at radius 2 is 1.87 bits per heavy atom. The lowest BCUT2D eigenvalue weighted by molar-refractivity contribution is -0.125. The molecule has 2 atom stereocenters. The molecule has 0 bridgehead atoms. The molecule has 0 unspecified atom stereocenters. The molecule has 1 heterocycles. The third-order valence-electron chi connectivity index (χ3n) is 6.99. The van der Waals surface area contributed by atoms with Gasteiger partial charge in [0.1, 0.15) is 5.75 Å². The molecule has 1 aliphatic carbocycles. The summed E-state index contributed by atoms with van der Waals surface area (Å²) in [4.78, 5) is 41.5. The lowest BCUT2D eigenvalue weighted by Gasteiger charge is -2.33. The molecule has 2 aliphatic rings. The number of carbonyl (C=O) groups is 3. The van der Waals surface area contributed by atoms with Crippen LogP contribution in [0.5, 0.6) is 5.75 Å². The predicted octanol–water partition coefficient (Wildman–Crippen LogP) is 3.39. The number of ether oxygens (including phenoxy) is 2. The van der Waals surface area contributed by atoms with Crippen molar-refractivity contribution in [3.05, 3.63) is 52.5 Å². The fourth-order valence-electron chi connectivity index (χ4n) is 4.77. The van der Waals surface area contributed by atoms with E-state index in [1.807, 2.05) is 19.1 Å². The summed E-state index contributed by atoms with van der Waals surface area (Å²) in [6.07, 6.45) is 2.20. The minimum absolute atomic E-state index is 0.0564. The Labute approximate surface area is 228 Å². The van der Waals surface area contributed by atoms with E-state index >= 15 is 0 Å². The van der Waals surface area contributed by atoms with Crippen LogP contribution in [0.4, 0.5) is 11.4 Å². The van der Waals surface area contributed by atoms with Crippen LogP contribution in [0.25, 0.3) is 0 Å². The molecule has 1 saturated carbocycles. The van der Waals surface area contributed by atoms with Gasteiger partial charge in [-0.1, -0.05) is 23.7 Å². The fraction of sp³-hybridized carbons (Fsp3) is 0.464. The Morgan fingerprint density at radius 3 is 2.58 bits per heavy atom. The first kappa shape index (κ1) is 27.9. The van der Waals surface area contributed by atoms with Crippen molar-refractivity contribution in [2.24, 2.45) is 11.8 Å². The number of methoxy groups -OCH3 is 2. The molecule has 2 aromatic rings. The first-order valence-corrected chi connectivity index (χ1v) is 13.3.